The number of carbonyl (C=O) groups is 1. The van der Waals surface area contributed by atoms with Gasteiger partial charge < -0.3 is 10.4 Å². The highest BCUT2D eigenvalue weighted by Gasteiger charge is 2.33. The van der Waals surface area contributed by atoms with Crippen LogP contribution < -0.4 is 5.32 Å². The zero-order valence-corrected chi connectivity index (χ0v) is 10.5. The van der Waals surface area contributed by atoms with E-state index in [-0.39, 0.29) is 24.6 Å². The number of carbonyl (C=O) groups excluding carboxylic acids is 1. The van der Waals surface area contributed by atoms with Gasteiger partial charge in [-0.05, 0) is 25.5 Å². The van der Waals surface area contributed by atoms with Crippen molar-refractivity contribution in [3.8, 4) is 0 Å². The maximum Gasteiger partial charge on any atom is 0.237 e. The summed E-state index contributed by atoms with van der Waals surface area (Å²) in [6.07, 6.45) is 2.22. The molecule has 1 aliphatic heterocycles. The van der Waals surface area contributed by atoms with Crippen LogP contribution in [0.15, 0.2) is 24.4 Å². The van der Waals surface area contributed by atoms with Gasteiger partial charge in [0, 0.05) is 31.9 Å². The first-order valence-electron chi connectivity index (χ1n) is 6.26. The van der Waals surface area contributed by atoms with Crippen LogP contribution in [0.3, 0.4) is 0 Å². The number of piperazine rings is 1. The Labute approximate surface area is 107 Å². The van der Waals surface area contributed by atoms with Crippen LogP contribution >= 0.6 is 0 Å². The van der Waals surface area contributed by atoms with Gasteiger partial charge in [-0.2, -0.15) is 0 Å². The summed E-state index contributed by atoms with van der Waals surface area (Å²) in [6, 6.07) is 5.76. The number of aliphatic hydroxyl groups excluding tert-OH is 1. The molecule has 1 aromatic heterocycles. The first-order chi connectivity index (χ1) is 8.72. The molecular formula is C13H19N3O2. The van der Waals surface area contributed by atoms with Crippen molar-refractivity contribution in [2.45, 2.75) is 32.0 Å². The number of nitrogens with zero attached hydrogens (tertiary/aromatic N) is 2. The lowest BCUT2D eigenvalue weighted by Gasteiger charge is -2.39. The van der Waals surface area contributed by atoms with Crippen molar-refractivity contribution < 1.29 is 9.90 Å². The van der Waals surface area contributed by atoms with E-state index >= 15 is 0 Å². The molecule has 5 nitrogen and oxygen atoms in total. The Morgan fingerprint density at radius 2 is 2.39 bits per heavy atom. The summed E-state index contributed by atoms with van der Waals surface area (Å²) in [6.45, 7) is 3.38. The highest BCUT2D eigenvalue weighted by atomic mass is 16.3. The fraction of sp³-hybridized carbons (Fsp3) is 0.538. The molecule has 0 saturated carbocycles. The van der Waals surface area contributed by atoms with Crippen molar-refractivity contribution in [3.05, 3.63) is 30.1 Å². The maximum absolute atomic E-state index is 11.8. The van der Waals surface area contributed by atoms with E-state index in [1.54, 1.807) is 6.20 Å². The fourth-order valence-electron chi connectivity index (χ4n) is 2.31. The van der Waals surface area contributed by atoms with Gasteiger partial charge in [0.25, 0.3) is 0 Å². The van der Waals surface area contributed by atoms with Crippen LogP contribution in [-0.2, 0) is 11.3 Å². The molecule has 2 unspecified atom stereocenters. The lowest BCUT2D eigenvalue weighted by Crippen LogP contribution is -2.59. The molecule has 0 aliphatic carbocycles. The average molecular weight is 249 g/mol. The third-order valence-electron chi connectivity index (χ3n) is 3.31. The second-order valence-electron chi connectivity index (χ2n) is 4.62. The summed E-state index contributed by atoms with van der Waals surface area (Å²) in [5, 5.41) is 12.0. The Morgan fingerprint density at radius 1 is 1.56 bits per heavy atom. The molecule has 98 valence electrons. The van der Waals surface area contributed by atoms with Gasteiger partial charge in [-0.1, -0.05) is 6.07 Å². The summed E-state index contributed by atoms with van der Waals surface area (Å²) in [5.74, 6) is -0.00178. The minimum atomic E-state index is -0.263. The van der Waals surface area contributed by atoms with Gasteiger partial charge >= 0.3 is 0 Å². The predicted octanol–water partition coefficient (Wildman–Crippen LogP) is 0.153. The van der Waals surface area contributed by atoms with Crippen molar-refractivity contribution in [1.29, 1.82) is 0 Å². The van der Waals surface area contributed by atoms with Crippen molar-refractivity contribution >= 4 is 5.91 Å². The molecular weight excluding hydrogens is 230 g/mol. The van der Waals surface area contributed by atoms with Crippen LogP contribution in [0.5, 0.6) is 0 Å². The topological polar surface area (TPSA) is 65.5 Å². The van der Waals surface area contributed by atoms with E-state index in [1.807, 2.05) is 18.2 Å². The van der Waals surface area contributed by atoms with Crippen molar-refractivity contribution in [3.63, 3.8) is 0 Å². The summed E-state index contributed by atoms with van der Waals surface area (Å²) >= 11 is 0. The van der Waals surface area contributed by atoms with E-state index in [1.165, 1.54) is 0 Å². The van der Waals surface area contributed by atoms with E-state index in [0.29, 0.717) is 19.5 Å². The number of aliphatic hydroxyl groups is 1. The standard InChI is InChI=1S/C13H19N3O2/c1-10-8-15-13(18)12(5-7-17)16(10)9-11-4-2-3-6-14-11/h2-4,6,10,12,17H,5,7-9H2,1H3,(H,15,18). The lowest BCUT2D eigenvalue weighted by molar-refractivity contribution is -0.132. The average Bonchev–Trinajstić information content (AvgIpc) is 2.39. The number of aromatic nitrogens is 1. The molecule has 2 heterocycles. The monoisotopic (exact) mass is 249 g/mol. The first-order valence-corrected chi connectivity index (χ1v) is 6.26. The van der Waals surface area contributed by atoms with Gasteiger partial charge in [0.2, 0.25) is 5.91 Å². The van der Waals surface area contributed by atoms with Crippen LogP contribution in [0.25, 0.3) is 0 Å². The molecule has 0 radical (unpaired) electrons. The fourth-order valence-corrected chi connectivity index (χ4v) is 2.31. The van der Waals surface area contributed by atoms with Crippen molar-refractivity contribution in [2.24, 2.45) is 0 Å². The minimum Gasteiger partial charge on any atom is -0.396 e. The van der Waals surface area contributed by atoms with Gasteiger partial charge in [-0.15, -0.1) is 0 Å². The van der Waals surface area contributed by atoms with Gasteiger partial charge in [-0.25, -0.2) is 0 Å². The number of nitrogens with one attached hydrogen (secondary N) is 1. The second kappa shape index (κ2) is 5.93. The van der Waals surface area contributed by atoms with Gasteiger partial charge in [0.05, 0.1) is 11.7 Å². The molecule has 18 heavy (non-hydrogen) atoms. The van der Waals surface area contributed by atoms with E-state index in [2.05, 4.69) is 22.1 Å². The van der Waals surface area contributed by atoms with Gasteiger partial charge in [0.15, 0.2) is 0 Å². The molecule has 1 amide bonds. The molecule has 1 fully saturated rings. The van der Waals surface area contributed by atoms with E-state index in [4.69, 9.17) is 5.11 Å². The second-order valence-corrected chi connectivity index (χ2v) is 4.62. The Kier molecular flexibility index (Phi) is 4.28. The molecule has 0 bridgehead atoms. The summed E-state index contributed by atoms with van der Waals surface area (Å²) in [5.41, 5.74) is 0.946. The quantitative estimate of drug-likeness (QED) is 0.797. The Morgan fingerprint density at radius 3 is 3.06 bits per heavy atom. The molecule has 0 aromatic carbocycles. The molecule has 5 heteroatoms. The molecule has 2 N–H and O–H groups in total. The number of pyridine rings is 1. The van der Waals surface area contributed by atoms with Crippen molar-refractivity contribution in [1.82, 2.24) is 15.2 Å². The predicted molar refractivity (Wildman–Crippen MR) is 67.7 cm³/mol. The largest absolute Gasteiger partial charge is 0.396 e. The Bertz CT molecular complexity index is 396. The SMILES string of the molecule is CC1CNC(=O)C(CCO)N1Cc1ccccn1. The van der Waals surface area contributed by atoms with Crippen LogP contribution in [0.2, 0.25) is 0 Å². The Hall–Kier alpha value is -1.46. The van der Waals surface area contributed by atoms with Gasteiger partial charge in [-0.3, -0.25) is 14.7 Å². The van der Waals surface area contributed by atoms with Crippen LogP contribution in [0.4, 0.5) is 0 Å². The normalized spacial score (nSPS) is 24.9. The van der Waals surface area contributed by atoms with E-state index < -0.39 is 0 Å². The van der Waals surface area contributed by atoms with Crippen LogP contribution in [0, 0.1) is 0 Å². The molecule has 1 aromatic rings. The highest BCUT2D eigenvalue weighted by molar-refractivity contribution is 5.82. The van der Waals surface area contributed by atoms with Crippen LogP contribution in [-0.4, -0.2) is 46.1 Å². The Balaban J connectivity index is 2.13. The molecule has 0 spiro atoms. The third kappa shape index (κ3) is 2.86. The summed E-state index contributed by atoms with van der Waals surface area (Å²) in [4.78, 5) is 18.2. The zero-order chi connectivity index (χ0) is 13.0. The highest BCUT2D eigenvalue weighted by Crippen LogP contribution is 2.16. The first kappa shape index (κ1) is 13.0. The number of hydrogen-bond acceptors (Lipinski definition) is 4. The third-order valence-corrected chi connectivity index (χ3v) is 3.31. The van der Waals surface area contributed by atoms with Crippen molar-refractivity contribution in [2.75, 3.05) is 13.2 Å². The molecule has 1 saturated heterocycles. The number of amides is 1. The molecule has 2 rings (SSSR count). The number of hydrogen-bond donors (Lipinski definition) is 2. The van der Waals surface area contributed by atoms with Gasteiger partial charge in [0.1, 0.15) is 0 Å². The van der Waals surface area contributed by atoms with E-state index in [9.17, 15) is 4.79 Å². The van der Waals surface area contributed by atoms with E-state index in [0.717, 1.165) is 5.69 Å². The lowest BCUT2D eigenvalue weighted by atomic mass is 10.0. The molecule has 2 atom stereocenters. The van der Waals surface area contributed by atoms with Crippen LogP contribution in [0.1, 0.15) is 19.0 Å². The maximum atomic E-state index is 11.8. The summed E-state index contributed by atoms with van der Waals surface area (Å²) < 4.78 is 0. The minimum absolute atomic E-state index is 0.00178. The number of rotatable bonds is 4. The molecule has 1 aliphatic rings. The summed E-state index contributed by atoms with van der Waals surface area (Å²) in [7, 11) is 0. The zero-order valence-electron chi connectivity index (χ0n) is 10.5. The smallest absolute Gasteiger partial charge is 0.237 e.